The quantitative estimate of drug-likeness (QED) is 0.910. The molecule has 5 heteroatoms. The van der Waals surface area contributed by atoms with E-state index in [4.69, 9.17) is 5.73 Å². The number of anilines is 2. The minimum absolute atomic E-state index is 0.646. The smallest absolute Gasteiger partial charge is 0.0950 e. The number of imidazole rings is 1. The predicted molar refractivity (Wildman–Crippen MR) is 82.0 cm³/mol. The van der Waals surface area contributed by atoms with Crippen molar-refractivity contribution in [3.05, 3.63) is 42.5 Å². The van der Waals surface area contributed by atoms with E-state index < -0.39 is 0 Å². The standard InChI is InChI=1S/C15H21N5/c1-18-8-9-20(15-5-3-2-4-14(15)18)11-13-10-19(7-6-16)12-17-13/h2-5,10,12H,6-9,11,16H2,1H3. The summed E-state index contributed by atoms with van der Waals surface area (Å²) in [5.41, 5.74) is 9.24. The van der Waals surface area contributed by atoms with Crippen LogP contribution in [-0.2, 0) is 13.1 Å². The minimum Gasteiger partial charge on any atom is -0.371 e. The third-order valence-corrected chi connectivity index (χ3v) is 3.77. The molecule has 106 valence electrons. The number of likely N-dealkylation sites (N-methyl/N-ethyl adjacent to an activating group) is 1. The van der Waals surface area contributed by atoms with Crippen LogP contribution in [0.2, 0.25) is 0 Å². The second kappa shape index (κ2) is 5.54. The highest BCUT2D eigenvalue weighted by atomic mass is 15.3. The summed E-state index contributed by atoms with van der Waals surface area (Å²) in [5.74, 6) is 0. The normalized spacial score (nSPS) is 14.5. The maximum atomic E-state index is 5.57. The molecule has 1 aromatic carbocycles. The molecule has 0 saturated carbocycles. The molecule has 2 N–H and O–H groups in total. The van der Waals surface area contributed by atoms with Crippen LogP contribution in [0.15, 0.2) is 36.8 Å². The van der Waals surface area contributed by atoms with E-state index in [1.54, 1.807) is 0 Å². The van der Waals surface area contributed by atoms with Crippen molar-refractivity contribution in [3.63, 3.8) is 0 Å². The Hall–Kier alpha value is -2.01. The molecule has 5 nitrogen and oxygen atoms in total. The summed E-state index contributed by atoms with van der Waals surface area (Å²) >= 11 is 0. The Morgan fingerprint density at radius 3 is 2.80 bits per heavy atom. The fourth-order valence-corrected chi connectivity index (χ4v) is 2.69. The molecule has 2 aromatic rings. The van der Waals surface area contributed by atoms with Crippen LogP contribution in [0.5, 0.6) is 0 Å². The third kappa shape index (κ3) is 2.49. The average molecular weight is 271 g/mol. The van der Waals surface area contributed by atoms with E-state index in [1.165, 1.54) is 11.4 Å². The van der Waals surface area contributed by atoms with Crippen LogP contribution in [0.1, 0.15) is 5.69 Å². The SMILES string of the molecule is CN1CCN(Cc2cn(CCN)cn2)c2ccccc21. The number of nitrogens with zero attached hydrogens (tertiary/aromatic N) is 4. The zero-order chi connectivity index (χ0) is 13.9. The number of benzene rings is 1. The number of hydrogen-bond acceptors (Lipinski definition) is 4. The van der Waals surface area contributed by atoms with Gasteiger partial charge in [-0.2, -0.15) is 0 Å². The second-order valence-corrected chi connectivity index (χ2v) is 5.22. The first-order valence-corrected chi connectivity index (χ1v) is 7.04. The summed E-state index contributed by atoms with van der Waals surface area (Å²) in [7, 11) is 2.14. The summed E-state index contributed by atoms with van der Waals surface area (Å²) in [5, 5.41) is 0. The highest BCUT2D eigenvalue weighted by Crippen LogP contribution is 2.32. The fourth-order valence-electron chi connectivity index (χ4n) is 2.69. The lowest BCUT2D eigenvalue weighted by atomic mass is 10.1. The molecule has 3 rings (SSSR count). The third-order valence-electron chi connectivity index (χ3n) is 3.77. The van der Waals surface area contributed by atoms with Crippen molar-refractivity contribution in [2.75, 3.05) is 36.5 Å². The van der Waals surface area contributed by atoms with Crippen LogP contribution in [-0.4, -0.2) is 36.2 Å². The van der Waals surface area contributed by atoms with E-state index in [2.05, 4.69) is 56.9 Å². The zero-order valence-corrected chi connectivity index (χ0v) is 11.9. The van der Waals surface area contributed by atoms with Gasteiger partial charge in [0.05, 0.1) is 29.9 Å². The summed E-state index contributed by atoms with van der Waals surface area (Å²) in [6, 6.07) is 8.54. The van der Waals surface area contributed by atoms with Crippen molar-refractivity contribution in [1.29, 1.82) is 0 Å². The number of nitrogens with two attached hydrogens (primary N) is 1. The Morgan fingerprint density at radius 2 is 2.00 bits per heavy atom. The van der Waals surface area contributed by atoms with Gasteiger partial charge in [-0.25, -0.2) is 4.98 Å². The van der Waals surface area contributed by atoms with Crippen molar-refractivity contribution in [2.45, 2.75) is 13.1 Å². The molecule has 0 radical (unpaired) electrons. The first-order chi connectivity index (χ1) is 9.78. The van der Waals surface area contributed by atoms with Gasteiger partial charge in [-0.1, -0.05) is 12.1 Å². The predicted octanol–water partition coefficient (Wildman–Crippen LogP) is 1.30. The molecule has 0 fully saturated rings. The second-order valence-electron chi connectivity index (χ2n) is 5.22. The molecule has 0 unspecified atom stereocenters. The molecule has 0 bridgehead atoms. The van der Waals surface area contributed by atoms with E-state index in [0.717, 1.165) is 31.9 Å². The number of rotatable bonds is 4. The summed E-state index contributed by atoms with van der Waals surface area (Å²) in [6.07, 6.45) is 3.96. The van der Waals surface area contributed by atoms with E-state index in [1.807, 2.05) is 6.33 Å². The topological polar surface area (TPSA) is 50.3 Å². The molecule has 0 spiro atoms. The monoisotopic (exact) mass is 271 g/mol. The Balaban J connectivity index is 1.79. The molecule has 1 aliphatic rings. The van der Waals surface area contributed by atoms with Gasteiger partial charge in [0.25, 0.3) is 0 Å². The van der Waals surface area contributed by atoms with Gasteiger partial charge in [0.2, 0.25) is 0 Å². The summed E-state index contributed by atoms with van der Waals surface area (Å²) < 4.78 is 2.05. The first-order valence-electron chi connectivity index (χ1n) is 7.04. The Morgan fingerprint density at radius 1 is 1.20 bits per heavy atom. The lowest BCUT2D eigenvalue weighted by Crippen LogP contribution is -2.38. The largest absolute Gasteiger partial charge is 0.371 e. The van der Waals surface area contributed by atoms with Gasteiger partial charge in [-0.05, 0) is 12.1 Å². The van der Waals surface area contributed by atoms with Crippen LogP contribution < -0.4 is 15.5 Å². The number of fused-ring (bicyclic) bond motifs is 1. The highest BCUT2D eigenvalue weighted by Gasteiger charge is 2.20. The van der Waals surface area contributed by atoms with E-state index in [0.29, 0.717) is 6.54 Å². The van der Waals surface area contributed by atoms with E-state index >= 15 is 0 Å². The zero-order valence-electron chi connectivity index (χ0n) is 11.9. The number of aromatic nitrogens is 2. The van der Waals surface area contributed by atoms with Crippen molar-refractivity contribution >= 4 is 11.4 Å². The van der Waals surface area contributed by atoms with Gasteiger partial charge in [-0.3, -0.25) is 0 Å². The van der Waals surface area contributed by atoms with Crippen LogP contribution in [0.3, 0.4) is 0 Å². The van der Waals surface area contributed by atoms with Crippen molar-refractivity contribution in [3.8, 4) is 0 Å². The molecule has 1 aromatic heterocycles. The Kier molecular flexibility index (Phi) is 3.60. The maximum Gasteiger partial charge on any atom is 0.0950 e. The number of para-hydroxylation sites is 2. The van der Waals surface area contributed by atoms with Gasteiger partial charge < -0.3 is 20.1 Å². The van der Waals surface area contributed by atoms with Gasteiger partial charge in [0.15, 0.2) is 0 Å². The Labute approximate surface area is 119 Å². The van der Waals surface area contributed by atoms with Crippen molar-refractivity contribution in [2.24, 2.45) is 5.73 Å². The molecular weight excluding hydrogens is 250 g/mol. The molecule has 0 aliphatic carbocycles. The Bertz CT molecular complexity index is 577. The van der Waals surface area contributed by atoms with Crippen molar-refractivity contribution < 1.29 is 0 Å². The van der Waals surface area contributed by atoms with Crippen LogP contribution in [0.4, 0.5) is 11.4 Å². The molecule has 0 atom stereocenters. The average Bonchev–Trinajstić information content (AvgIpc) is 2.90. The molecule has 20 heavy (non-hydrogen) atoms. The van der Waals surface area contributed by atoms with Gasteiger partial charge in [0.1, 0.15) is 0 Å². The number of hydrogen-bond donors (Lipinski definition) is 1. The molecule has 2 heterocycles. The lowest BCUT2D eigenvalue weighted by molar-refractivity contribution is 0.703. The lowest BCUT2D eigenvalue weighted by Gasteiger charge is -2.36. The minimum atomic E-state index is 0.646. The summed E-state index contributed by atoms with van der Waals surface area (Å²) in [6.45, 7) is 4.39. The molecule has 1 aliphatic heterocycles. The van der Waals surface area contributed by atoms with Crippen LogP contribution in [0.25, 0.3) is 0 Å². The molecule has 0 saturated heterocycles. The van der Waals surface area contributed by atoms with Crippen LogP contribution in [0, 0.1) is 0 Å². The fraction of sp³-hybridized carbons (Fsp3) is 0.400. The van der Waals surface area contributed by atoms with Crippen molar-refractivity contribution in [1.82, 2.24) is 9.55 Å². The molecule has 0 amide bonds. The molecular formula is C15H21N5. The van der Waals surface area contributed by atoms with E-state index in [-0.39, 0.29) is 0 Å². The maximum absolute atomic E-state index is 5.57. The van der Waals surface area contributed by atoms with Gasteiger partial charge >= 0.3 is 0 Å². The summed E-state index contributed by atoms with van der Waals surface area (Å²) in [4.78, 5) is 9.17. The van der Waals surface area contributed by atoms with E-state index in [9.17, 15) is 0 Å². The first kappa shape index (κ1) is 13.0. The van der Waals surface area contributed by atoms with Gasteiger partial charge in [-0.15, -0.1) is 0 Å². The highest BCUT2D eigenvalue weighted by molar-refractivity contribution is 5.73. The van der Waals surface area contributed by atoms with Gasteiger partial charge in [0, 0.05) is 39.4 Å². The van der Waals surface area contributed by atoms with Crippen LogP contribution >= 0.6 is 0 Å².